The molecular weight excluding hydrogens is 292 g/mol. The third-order valence-electron chi connectivity index (χ3n) is 6.27. The van der Waals surface area contributed by atoms with E-state index in [1.54, 1.807) is 0 Å². The molecule has 1 N–H and O–H groups in total. The number of halogens is 1. The Balaban J connectivity index is 2.09. The molecule has 2 saturated heterocycles. The van der Waals surface area contributed by atoms with Crippen LogP contribution in [0.3, 0.4) is 0 Å². The third kappa shape index (κ3) is 1.31. The normalized spacial score (nSPS) is 59.2. The number of ether oxygens (including phenoxy) is 1. The van der Waals surface area contributed by atoms with Gasteiger partial charge in [0.1, 0.15) is 0 Å². The minimum atomic E-state index is -0.289. The molecule has 2 bridgehead atoms. The van der Waals surface area contributed by atoms with Crippen LogP contribution in [0.1, 0.15) is 53.4 Å². The first-order valence-corrected chi connectivity index (χ1v) is 8.21. The van der Waals surface area contributed by atoms with Gasteiger partial charge in [0.15, 0.2) is 0 Å². The zero-order valence-electron chi connectivity index (χ0n) is 11.9. The van der Waals surface area contributed by atoms with Crippen molar-refractivity contribution in [3.05, 3.63) is 0 Å². The lowest BCUT2D eigenvalue weighted by Crippen LogP contribution is -2.64. The van der Waals surface area contributed by atoms with Crippen molar-refractivity contribution in [3.63, 3.8) is 0 Å². The van der Waals surface area contributed by atoms with Gasteiger partial charge in [-0.3, -0.25) is 0 Å². The Morgan fingerprint density at radius 1 is 1.22 bits per heavy atom. The molecule has 3 rings (SSSR count). The quantitative estimate of drug-likeness (QED) is 0.750. The standard InChI is InChI=1S/C15H25BrO2/c1-9(2)10-5-6-13(3)12(17)11(16)14(4)7-8-15(10,13)18-14/h9-12,17H,5-8H2,1-4H3/t10-,11+,12-,13-,14+,15+/m1/s1. The second-order valence-corrected chi connectivity index (χ2v) is 8.44. The van der Waals surface area contributed by atoms with Crippen LogP contribution in [0.5, 0.6) is 0 Å². The van der Waals surface area contributed by atoms with Crippen LogP contribution in [0, 0.1) is 17.3 Å². The van der Waals surface area contributed by atoms with E-state index in [1.165, 1.54) is 6.42 Å². The van der Waals surface area contributed by atoms with Crippen molar-refractivity contribution in [3.8, 4) is 0 Å². The highest BCUT2D eigenvalue weighted by molar-refractivity contribution is 9.09. The summed E-state index contributed by atoms with van der Waals surface area (Å²) in [7, 11) is 0. The number of hydrogen-bond donors (Lipinski definition) is 1. The summed E-state index contributed by atoms with van der Waals surface area (Å²) in [5.41, 5.74) is -0.345. The summed E-state index contributed by atoms with van der Waals surface area (Å²) in [4.78, 5) is 0.0662. The number of aliphatic hydroxyl groups is 1. The average molecular weight is 317 g/mol. The Labute approximate surface area is 119 Å². The van der Waals surface area contributed by atoms with Gasteiger partial charge in [-0.15, -0.1) is 0 Å². The zero-order chi connectivity index (χ0) is 13.3. The topological polar surface area (TPSA) is 29.5 Å². The van der Waals surface area contributed by atoms with Crippen molar-refractivity contribution >= 4 is 15.9 Å². The molecule has 0 aromatic rings. The third-order valence-corrected chi connectivity index (χ3v) is 7.74. The molecule has 1 aliphatic carbocycles. The SMILES string of the molecule is CC(C)[C@H]1CC[C@]2(C)[C@H](O)[C@H](Br)[C@]3(C)CC[C@]12O3. The summed E-state index contributed by atoms with van der Waals surface area (Å²) in [5.74, 6) is 1.23. The van der Waals surface area contributed by atoms with Crippen LogP contribution >= 0.6 is 15.9 Å². The van der Waals surface area contributed by atoms with Gasteiger partial charge in [-0.1, -0.05) is 36.7 Å². The summed E-state index contributed by atoms with van der Waals surface area (Å²) in [6, 6.07) is 0. The maximum Gasteiger partial charge on any atom is 0.0813 e. The van der Waals surface area contributed by atoms with Gasteiger partial charge < -0.3 is 9.84 Å². The van der Waals surface area contributed by atoms with Crippen LogP contribution < -0.4 is 0 Å². The van der Waals surface area contributed by atoms with Gasteiger partial charge in [0.25, 0.3) is 0 Å². The lowest BCUT2D eigenvalue weighted by molar-refractivity contribution is -0.239. The predicted octanol–water partition coefficient (Wildman–Crippen LogP) is 3.50. The molecular formula is C15H25BrO2. The van der Waals surface area contributed by atoms with E-state index in [1.807, 2.05) is 0 Å². The van der Waals surface area contributed by atoms with Crippen LogP contribution in [0.4, 0.5) is 0 Å². The second kappa shape index (κ2) is 3.73. The lowest BCUT2D eigenvalue weighted by Gasteiger charge is -2.55. The van der Waals surface area contributed by atoms with Gasteiger partial charge in [0, 0.05) is 5.41 Å². The predicted molar refractivity (Wildman–Crippen MR) is 75.8 cm³/mol. The molecule has 3 heteroatoms. The van der Waals surface area contributed by atoms with Crippen LogP contribution in [-0.4, -0.2) is 27.2 Å². The molecule has 0 aromatic carbocycles. The summed E-state index contributed by atoms with van der Waals surface area (Å²) in [6.07, 6.45) is 4.18. The fraction of sp³-hybridized carbons (Fsp3) is 1.00. The number of alkyl halides is 1. The summed E-state index contributed by atoms with van der Waals surface area (Å²) < 4.78 is 6.65. The number of fused-ring (bicyclic) bond motifs is 1. The van der Waals surface area contributed by atoms with Crippen molar-refractivity contribution in [2.24, 2.45) is 17.3 Å². The van der Waals surface area contributed by atoms with E-state index in [9.17, 15) is 5.11 Å². The highest BCUT2D eigenvalue weighted by Gasteiger charge is 2.72. The molecule has 104 valence electrons. The minimum Gasteiger partial charge on any atom is -0.391 e. The van der Waals surface area contributed by atoms with Crippen LogP contribution in [0.2, 0.25) is 0 Å². The van der Waals surface area contributed by atoms with E-state index in [2.05, 4.69) is 43.6 Å². The van der Waals surface area contributed by atoms with Gasteiger partial charge in [-0.25, -0.2) is 0 Å². The largest absolute Gasteiger partial charge is 0.391 e. The lowest BCUT2D eigenvalue weighted by atomic mass is 9.65. The van der Waals surface area contributed by atoms with Crippen molar-refractivity contribution in [2.75, 3.05) is 0 Å². The molecule has 6 atom stereocenters. The fourth-order valence-corrected chi connectivity index (χ4v) is 5.97. The molecule has 2 aliphatic heterocycles. The van der Waals surface area contributed by atoms with E-state index in [4.69, 9.17) is 4.74 Å². The summed E-state index contributed by atoms with van der Waals surface area (Å²) in [5, 5.41) is 10.8. The molecule has 3 aliphatic rings. The number of aliphatic hydroxyl groups excluding tert-OH is 1. The first kappa shape index (κ1) is 13.4. The van der Waals surface area contributed by atoms with Gasteiger partial charge in [-0.2, -0.15) is 0 Å². The molecule has 1 saturated carbocycles. The Morgan fingerprint density at radius 3 is 2.50 bits per heavy atom. The molecule has 2 heterocycles. The first-order chi connectivity index (χ1) is 8.27. The monoisotopic (exact) mass is 316 g/mol. The van der Waals surface area contributed by atoms with Crippen LogP contribution in [0.25, 0.3) is 0 Å². The van der Waals surface area contributed by atoms with Crippen molar-refractivity contribution < 1.29 is 9.84 Å². The molecule has 2 nitrogen and oxygen atoms in total. The Bertz CT molecular complexity index is 372. The summed E-state index contributed by atoms with van der Waals surface area (Å²) in [6.45, 7) is 9.02. The van der Waals surface area contributed by atoms with E-state index < -0.39 is 0 Å². The molecule has 0 radical (unpaired) electrons. The molecule has 0 unspecified atom stereocenters. The molecule has 0 aromatic heterocycles. The maximum absolute atomic E-state index is 10.8. The molecule has 1 spiro atoms. The summed E-state index contributed by atoms with van der Waals surface area (Å²) >= 11 is 3.71. The smallest absolute Gasteiger partial charge is 0.0813 e. The van der Waals surface area contributed by atoms with Crippen LogP contribution in [0.15, 0.2) is 0 Å². The van der Waals surface area contributed by atoms with E-state index >= 15 is 0 Å². The fourth-order valence-electron chi connectivity index (χ4n) is 5.06. The van der Waals surface area contributed by atoms with Crippen molar-refractivity contribution in [1.82, 2.24) is 0 Å². The van der Waals surface area contributed by atoms with E-state index in [0.29, 0.717) is 11.8 Å². The average Bonchev–Trinajstić information content (AvgIpc) is 2.78. The van der Waals surface area contributed by atoms with Gasteiger partial charge in [0.2, 0.25) is 0 Å². The maximum atomic E-state index is 10.8. The van der Waals surface area contributed by atoms with Crippen molar-refractivity contribution in [1.29, 1.82) is 0 Å². The number of hydrogen-bond acceptors (Lipinski definition) is 2. The van der Waals surface area contributed by atoms with E-state index in [0.717, 1.165) is 19.3 Å². The van der Waals surface area contributed by atoms with Crippen LogP contribution in [-0.2, 0) is 4.74 Å². The Morgan fingerprint density at radius 2 is 1.89 bits per heavy atom. The highest BCUT2D eigenvalue weighted by atomic mass is 79.9. The Kier molecular flexibility index (Phi) is 2.78. The molecule has 3 fully saturated rings. The first-order valence-electron chi connectivity index (χ1n) is 7.29. The minimum absolute atomic E-state index is 0.0662. The van der Waals surface area contributed by atoms with Gasteiger partial charge in [-0.05, 0) is 44.4 Å². The number of rotatable bonds is 1. The molecule has 18 heavy (non-hydrogen) atoms. The zero-order valence-corrected chi connectivity index (χ0v) is 13.5. The molecule has 0 amide bonds. The highest BCUT2D eigenvalue weighted by Crippen LogP contribution is 2.68. The van der Waals surface area contributed by atoms with Gasteiger partial charge in [0.05, 0.1) is 22.1 Å². The second-order valence-electron chi connectivity index (χ2n) is 7.46. The van der Waals surface area contributed by atoms with E-state index in [-0.39, 0.29) is 27.5 Å². The Hall–Kier alpha value is 0.400. The van der Waals surface area contributed by atoms with Crippen molar-refractivity contribution in [2.45, 2.75) is 75.5 Å². The van der Waals surface area contributed by atoms with Gasteiger partial charge >= 0.3 is 0 Å².